The summed E-state index contributed by atoms with van der Waals surface area (Å²) in [5.74, 6) is 0. The van der Waals surface area contributed by atoms with E-state index in [9.17, 15) is 9.59 Å². The second-order valence-corrected chi connectivity index (χ2v) is 52.0. The molecule has 217 valence electrons. The van der Waals surface area contributed by atoms with Crippen molar-refractivity contribution < 1.29 is 23.7 Å². The molecule has 5 aromatic rings. The Morgan fingerprint density at radius 2 is 0.857 bits per heavy atom. The summed E-state index contributed by atoms with van der Waals surface area (Å²) in [6.45, 7) is 4.71. The van der Waals surface area contributed by atoms with Crippen LogP contribution in [-0.2, 0) is 23.7 Å². The minimum absolute atomic E-state index is 0.623. The Balaban J connectivity index is 1.72. The van der Waals surface area contributed by atoms with Crippen LogP contribution >= 0.6 is 13.4 Å². The van der Waals surface area contributed by atoms with Gasteiger partial charge in [0.2, 0.25) is 0 Å². The number of carbonyl (C=O) groups excluding carboxylic acids is 2. The van der Waals surface area contributed by atoms with Gasteiger partial charge in [-0.05, 0) is 0 Å². The van der Waals surface area contributed by atoms with Crippen molar-refractivity contribution in [2.75, 3.05) is 6.16 Å². The summed E-state index contributed by atoms with van der Waals surface area (Å²) >= 11 is -4.08. The number of carbonyl (C=O) groups is 2. The molecule has 0 aliphatic rings. The average molecular weight is 785 g/mol. The van der Waals surface area contributed by atoms with Gasteiger partial charge in [0.1, 0.15) is 0 Å². The molecule has 2 nitrogen and oxygen atoms in total. The summed E-state index contributed by atoms with van der Waals surface area (Å²) in [5, 5.41) is 6.22. The van der Waals surface area contributed by atoms with E-state index in [1.165, 1.54) is 36.1 Å². The van der Waals surface area contributed by atoms with E-state index in [2.05, 4.69) is 147 Å². The van der Waals surface area contributed by atoms with E-state index in [-0.39, 0.29) is 0 Å². The van der Waals surface area contributed by atoms with E-state index < -0.39 is 33.7 Å². The van der Waals surface area contributed by atoms with Gasteiger partial charge < -0.3 is 0 Å². The molecule has 0 atom stereocenters. The Kier molecular flexibility index (Phi) is 9.94. The Morgan fingerprint density at radius 3 is 1.17 bits per heavy atom. The molecule has 0 amide bonds. The number of hydrogen-bond donors (Lipinski definition) is 0. The molecule has 0 radical (unpaired) electrons. The first-order valence-corrected chi connectivity index (χ1v) is 30.5. The SMILES string of the molecule is C[Si](C)(CCP(c1ccccc1)c1ccccc1)[Ir]([CH]=O)([CH]=O)[PH](c1ccccc1)(c1ccccc1)c1ccccc1. The quantitative estimate of drug-likeness (QED) is 0.0824. The molecular weight excluding hydrogens is 747 g/mol. The van der Waals surface area contributed by atoms with Gasteiger partial charge in [0.15, 0.2) is 0 Å². The zero-order valence-electron chi connectivity index (χ0n) is 24.1. The molecular formula is C36H38IrO2P2Si. The van der Waals surface area contributed by atoms with Crippen LogP contribution in [0.3, 0.4) is 0 Å². The third-order valence-corrected chi connectivity index (χ3v) is 72.5. The fourth-order valence-electron chi connectivity index (χ4n) is 5.78. The summed E-state index contributed by atoms with van der Waals surface area (Å²) in [6, 6.07) is 54.1. The van der Waals surface area contributed by atoms with Crippen LogP contribution < -0.4 is 26.5 Å². The molecule has 0 N–H and O–H groups in total. The number of benzene rings is 5. The third-order valence-electron chi connectivity index (χ3n) is 7.94. The normalized spacial score (nSPS) is 12.9. The molecule has 5 aromatic carbocycles. The van der Waals surface area contributed by atoms with E-state index in [0.717, 1.165) is 12.2 Å². The van der Waals surface area contributed by atoms with Gasteiger partial charge in [0.05, 0.1) is 0 Å². The topological polar surface area (TPSA) is 34.1 Å². The van der Waals surface area contributed by atoms with Gasteiger partial charge in [-0.3, -0.25) is 0 Å². The van der Waals surface area contributed by atoms with Crippen molar-refractivity contribution in [1.82, 2.24) is 0 Å². The van der Waals surface area contributed by atoms with E-state index >= 15 is 0 Å². The van der Waals surface area contributed by atoms with Gasteiger partial charge in [0.25, 0.3) is 0 Å². The molecule has 0 fully saturated rings. The summed E-state index contributed by atoms with van der Waals surface area (Å²) in [5.41, 5.74) is -3.05. The van der Waals surface area contributed by atoms with Gasteiger partial charge in [0, 0.05) is 0 Å². The van der Waals surface area contributed by atoms with Crippen molar-refractivity contribution in [3.05, 3.63) is 152 Å². The molecule has 6 heteroatoms. The van der Waals surface area contributed by atoms with Gasteiger partial charge in [-0.2, -0.15) is 0 Å². The zero-order valence-corrected chi connectivity index (χ0v) is 29.4. The fraction of sp³-hybridized carbons (Fsp3) is 0.111. The van der Waals surface area contributed by atoms with Gasteiger partial charge >= 0.3 is 256 Å². The van der Waals surface area contributed by atoms with E-state index in [1.54, 1.807) is 0 Å². The Bertz CT molecular complexity index is 1440. The zero-order chi connectivity index (χ0) is 29.5. The maximum atomic E-state index is 14.0. The summed E-state index contributed by atoms with van der Waals surface area (Å²) in [7, 11) is -0.623. The summed E-state index contributed by atoms with van der Waals surface area (Å²) < 4.78 is 0. The molecule has 0 aliphatic carbocycles. The van der Waals surface area contributed by atoms with E-state index in [0.29, 0.717) is 0 Å². The van der Waals surface area contributed by atoms with Gasteiger partial charge in [-0.15, -0.1) is 0 Å². The summed E-state index contributed by atoms with van der Waals surface area (Å²) in [6.07, 6.45) is -1.49. The van der Waals surface area contributed by atoms with Crippen molar-refractivity contribution in [2.45, 2.75) is 19.1 Å². The molecule has 5 rings (SSSR count). The van der Waals surface area contributed by atoms with Crippen LogP contribution in [0.1, 0.15) is 0 Å². The molecule has 0 aromatic heterocycles. The Labute approximate surface area is 255 Å². The third kappa shape index (κ3) is 5.60. The van der Waals surface area contributed by atoms with Crippen molar-refractivity contribution >= 4 is 55.7 Å². The van der Waals surface area contributed by atoms with E-state index in [1.807, 2.05) is 18.2 Å². The van der Waals surface area contributed by atoms with Gasteiger partial charge in [-0.25, -0.2) is 0 Å². The van der Waals surface area contributed by atoms with Crippen LogP contribution in [0.4, 0.5) is 0 Å². The molecule has 0 bridgehead atoms. The van der Waals surface area contributed by atoms with Crippen molar-refractivity contribution in [1.29, 1.82) is 0 Å². The fourth-order valence-corrected chi connectivity index (χ4v) is 75.7. The molecule has 0 saturated carbocycles. The molecule has 0 spiro atoms. The maximum absolute atomic E-state index is 14.0. The van der Waals surface area contributed by atoms with Crippen molar-refractivity contribution in [2.24, 2.45) is 0 Å². The number of hydrogen-bond acceptors (Lipinski definition) is 2. The van der Waals surface area contributed by atoms with Crippen molar-refractivity contribution in [3.63, 3.8) is 0 Å². The standard InChI is InChI=1S/C18H15P.C16H20PSi.2CHO.Ir/c1-4-10-16(11-5-1)19(17-12-6-2-7-13-17)18-14-8-3-9-15-18;1-18(2)14-13-17(15-9-5-3-6-10-15)16-11-7-4-8-12-16;2*1-2;/h1-15H;3-12H,13-14H2,1-2H3;2*1H;/q;;;;-1/p+1. The first-order chi connectivity index (χ1) is 20.5. The van der Waals surface area contributed by atoms with Crippen LogP contribution in [0.15, 0.2) is 152 Å². The Hall–Kier alpha value is -2.83. The van der Waals surface area contributed by atoms with Crippen LogP contribution in [0.25, 0.3) is 0 Å². The summed E-state index contributed by atoms with van der Waals surface area (Å²) in [4.78, 5) is 30.5. The first kappa shape index (κ1) is 30.6. The second-order valence-electron chi connectivity index (χ2n) is 10.7. The predicted octanol–water partition coefficient (Wildman–Crippen LogP) is 6.50. The van der Waals surface area contributed by atoms with Gasteiger partial charge in [-0.1, -0.05) is 0 Å². The molecule has 0 unspecified atom stereocenters. The average Bonchev–Trinajstić information content (AvgIpc) is 3.06. The van der Waals surface area contributed by atoms with E-state index in [4.69, 9.17) is 0 Å². The predicted molar refractivity (Wildman–Crippen MR) is 186 cm³/mol. The number of rotatable bonds is 12. The minimum atomic E-state index is -4.08. The molecule has 42 heavy (non-hydrogen) atoms. The second kappa shape index (κ2) is 13.6. The van der Waals surface area contributed by atoms with Crippen LogP contribution in [-0.4, -0.2) is 22.0 Å². The molecule has 0 aliphatic heterocycles. The monoisotopic (exact) mass is 785 g/mol. The van der Waals surface area contributed by atoms with Crippen LogP contribution in [0.2, 0.25) is 19.1 Å². The van der Waals surface area contributed by atoms with Crippen molar-refractivity contribution in [3.8, 4) is 0 Å². The Morgan fingerprint density at radius 1 is 0.548 bits per heavy atom. The van der Waals surface area contributed by atoms with Crippen LogP contribution in [0, 0.1) is 0 Å². The molecule has 0 heterocycles. The molecule has 0 saturated heterocycles. The van der Waals surface area contributed by atoms with Crippen LogP contribution in [0.5, 0.6) is 0 Å². The first-order valence-electron chi connectivity index (χ1n) is 14.1.